The molecular formula is C15H23NO2. The van der Waals surface area contributed by atoms with E-state index in [1.807, 2.05) is 13.1 Å². The second-order valence-electron chi connectivity index (χ2n) is 5.20. The average Bonchev–Trinajstić information content (AvgIpc) is 2.42. The van der Waals surface area contributed by atoms with Crippen LogP contribution in [0.25, 0.3) is 0 Å². The summed E-state index contributed by atoms with van der Waals surface area (Å²) >= 11 is 0. The highest BCUT2D eigenvalue weighted by molar-refractivity contribution is 5.46. The minimum atomic E-state index is 0.258. The molecule has 0 spiro atoms. The van der Waals surface area contributed by atoms with Crippen LogP contribution in [0.15, 0.2) is 18.2 Å². The molecule has 0 radical (unpaired) electrons. The molecule has 18 heavy (non-hydrogen) atoms. The number of ether oxygens (including phenoxy) is 2. The topological polar surface area (TPSA) is 30.5 Å². The number of nitrogens with one attached hydrogen (secondary N) is 1. The average molecular weight is 249 g/mol. The van der Waals surface area contributed by atoms with Crippen molar-refractivity contribution in [2.45, 2.75) is 25.2 Å². The van der Waals surface area contributed by atoms with Gasteiger partial charge in [-0.05, 0) is 43.5 Å². The molecule has 1 saturated carbocycles. The van der Waals surface area contributed by atoms with Crippen LogP contribution in [-0.4, -0.2) is 27.8 Å². The number of likely N-dealkylation sites (N-methyl/N-ethyl adjacent to an activating group) is 1. The van der Waals surface area contributed by atoms with E-state index in [1.165, 1.54) is 18.4 Å². The predicted octanol–water partition coefficient (Wildman–Crippen LogP) is 2.59. The highest BCUT2D eigenvalue weighted by Crippen LogP contribution is 2.49. The Balaban J connectivity index is 2.37. The zero-order valence-electron chi connectivity index (χ0n) is 11.7. The normalized spacial score (nSPS) is 26.6. The lowest BCUT2D eigenvalue weighted by atomic mass is 9.57. The van der Waals surface area contributed by atoms with E-state index >= 15 is 0 Å². The van der Waals surface area contributed by atoms with Crippen LogP contribution in [0.1, 0.15) is 25.3 Å². The first-order valence-corrected chi connectivity index (χ1v) is 6.55. The summed E-state index contributed by atoms with van der Waals surface area (Å²) in [5.74, 6) is 2.33. The molecule has 1 aliphatic carbocycles. The summed E-state index contributed by atoms with van der Waals surface area (Å²) in [7, 11) is 5.39. The van der Waals surface area contributed by atoms with Gasteiger partial charge in [-0.25, -0.2) is 0 Å². The molecule has 0 aromatic heterocycles. The van der Waals surface area contributed by atoms with E-state index < -0.39 is 0 Å². The van der Waals surface area contributed by atoms with Crippen molar-refractivity contribution in [3.63, 3.8) is 0 Å². The molecule has 3 nitrogen and oxygen atoms in total. The minimum Gasteiger partial charge on any atom is -0.493 e. The Morgan fingerprint density at radius 1 is 1.28 bits per heavy atom. The van der Waals surface area contributed by atoms with Gasteiger partial charge >= 0.3 is 0 Å². The van der Waals surface area contributed by atoms with Crippen LogP contribution in [0.2, 0.25) is 0 Å². The van der Waals surface area contributed by atoms with E-state index in [9.17, 15) is 0 Å². The number of rotatable bonds is 5. The number of methoxy groups -OCH3 is 2. The molecule has 2 rings (SSSR count). The van der Waals surface area contributed by atoms with Gasteiger partial charge in [0.15, 0.2) is 11.5 Å². The molecule has 1 aliphatic rings. The summed E-state index contributed by atoms with van der Waals surface area (Å²) in [5, 5.41) is 3.33. The smallest absolute Gasteiger partial charge is 0.161 e. The van der Waals surface area contributed by atoms with Crippen molar-refractivity contribution < 1.29 is 9.47 Å². The Labute approximate surface area is 109 Å². The Hall–Kier alpha value is -1.22. The van der Waals surface area contributed by atoms with E-state index in [4.69, 9.17) is 9.47 Å². The van der Waals surface area contributed by atoms with Crippen LogP contribution < -0.4 is 14.8 Å². The van der Waals surface area contributed by atoms with Crippen molar-refractivity contribution >= 4 is 0 Å². The summed E-state index contributed by atoms with van der Waals surface area (Å²) < 4.78 is 10.7. The fourth-order valence-electron chi connectivity index (χ4n) is 3.04. The van der Waals surface area contributed by atoms with E-state index in [1.54, 1.807) is 14.2 Å². The summed E-state index contributed by atoms with van der Waals surface area (Å²) in [5.41, 5.74) is 1.61. The summed E-state index contributed by atoms with van der Waals surface area (Å²) in [4.78, 5) is 0. The molecule has 1 N–H and O–H groups in total. The van der Waals surface area contributed by atoms with Crippen molar-refractivity contribution in [1.82, 2.24) is 5.32 Å². The molecule has 1 fully saturated rings. The molecule has 2 atom stereocenters. The van der Waals surface area contributed by atoms with E-state index in [2.05, 4.69) is 24.4 Å². The SMILES string of the molecule is CNCC1(c2ccc(OC)c(OC)c2)CCC1C. The molecule has 1 aromatic rings. The summed E-state index contributed by atoms with van der Waals surface area (Å²) in [6.45, 7) is 3.35. The summed E-state index contributed by atoms with van der Waals surface area (Å²) in [6.07, 6.45) is 2.54. The van der Waals surface area contributed by atoms with Gasteiger partial charge in [-0.15, -0.1) is 0 Å². The van der Waals surface area contributed by atoms with Gasteiger partial charge in [-0.1, -0.05) is 13.0 Å². The van der Waals surface area contributed by atoms with Gasteiger partial charge in [0.05, 0.1) is 14.2 Å². The molecule has 3 heteroatoms. The third kappa shape index (κ3) is 1.97. The van der Waals surface area contributed by atoms with Crippen molar-refractivity contribution in [1.29, 1.82) is 0 Å². The van der Waals surface area contributed by atoms with Crippen molar-refractivity contribution in [2.24, 2.45) is 5.92 Å². The predicted molar refractivity (Wildman–Crippen MR) is 73.5 cm³/mol. The largest absolute Gasteiger partial charge is 0.493 e. The highest BCUT2D eigenvalue weighted by atomic mass is 16.5. The highest BCUT2D eigenvalue weighted by Gasteiger charge is 2.44. The molecule has 2 unspecified atom stereocenters. The van der Waals surface area contributed by atoms with Crippen molar-refractivity contribution in [3.8, 4) is 11.5 Å². The van der Waals surface area contributed by atoms with Gasteiger partial charge in [-0.2, -0.15) is 0 Å². The van der Waals surface area contributed by atoms with E-state index in [-0.39, 0.29) is 5.41 Å². The van der Waals surface area contributed by atoms with Crippen LogP contribution in [0.3, 0.4) is 0 Å². The number of hydrogen-bond donors (Lipinski definition) is 1. The van der Waals surface area contributed by atoms with Crippen LogP contribution in [0.5, 0.6) is 11.5 Å². The van der Waals surface area contributed by atoms with Crippen LogP contribution in [-0.2, 0) is 5.41 Å². The Morgan fingerprint density at radius 3 is 2.44 bits per heavy atom. The quantitative estimate of drug-likeness (QED) is 0.870. The monoisotopic (exact) mass is 249 g/mol. The molecule has 0 aliphatic heterocycles. The zero-order valence-corrected chi connectivity index (χ0v) is 11.7. The first-order valence-electron chi connectivity index (χ1n) is 6.55. The summed E-state index contributed by atoms with van der Waals surface area (Å²) in [6, 6.07) is 6.32. The van der Waals surface area contributed by atoms with Crippen LogP contribution in [0.4, 0.5) is 0 Å². The lowest BCUT2D eigenvalue weighted by molar-refractivity contribution is 0.136. The first-order chi connectivity index (χ1) is 8.67. The maximum Gasteiger partial charge on any atom is 0.161 e. The Kier molecular flexibility index (Phi) is 3.81. The number of benzene rings is 1. The lowest BCUT2D eigenvalue weighted by Crippen LogP contribution is -2.49. The molecule has 0 amide bonds. The molecule has 100 valence electrons. The third-order valence-corrected chi connectivity index (χ3v) is 4.42. The molecule has 0 bridgehead atoms. The van der Waals surface area contributed by atoms with Gasteiger partial charge in [-0.3, -0.25) is 0 Å². The lowest BCUT2D eigenvalue weighted by Gasteiger charge is -2.49. The van der Waals surface area contributed by atoms with Crippen molar-refractivity contribution in [2.75, 3.05) is 27.8 Å². The molecule has 0 saturated heterocycles. The maximum absolute atomic E-state index is 5.41. The van der Waals surface area contributed by atoms with Crippen molar-refractivity contribution in [3.05, 3.63) is 23.8 Å². The fourth-order valence-corrected chi connectivity index (χ4v) is 3.04. The van der Waals surface area contributed by atoms with E-state index in [0.717, 1.165) is 18.0 Å². The standard InChI is InChI=1S/C15H23NO2/c1-11-7-8-15(11,10-16-2)12-5-6-13(17-3)14(9-12)18-4/h5-6,9,11,16H,7-8,10H2,1-4H3. The van der Waals surface area contributed by atoms with Crippen LogP contribution in [0, 0.1) is 5.92 Å². The second-order valence-corrected chi connectivity index (χ2v) is 5.20. The number of hydrogen-bond acceptors (Lipinski definition) is 3. The Morgan fingerprint density at radius 2 is 2.00 bits per heavy atom. The molecule has 0 heterocycles. The van der Waals surface area contributed by atoms with Gasteiger partial charge < -0.3 is 14.8 Å². The maximum atomic E-state index is 5.41. The third-order valence-electron chi connectivity index (χ3n) is 4.42. The molecular weight excluding hydrogens is 226 g/mol. The van der Waals surface area contributed by atoms with Gasteiger partial charge in [0.1, 0.15) is 0 Å². The fraction of sp³-hybridized carbons (Fsp3) is 0.600. The minimum absolute atomic E-state index is 0.258. The first kappa shape index (κ1) is 13.2. The van der Waals surface area contributed by atoms with Gasteiger partial charge in [0.25, 0.3) is 0 Å². The van der Waals surface area contributed by atoms with Gasteiger partial charge in [0, 0.05) is 12.0 Å². The zero-order chi connectivity index (χ0) is 13.2. The van der Waals surface area contributed by atoms with Crippen LogP contribution >= 0.6 is 0 Å². The Bertz CT molecular complexity index is 419. The van der Waals surface area contributed by atoms with E-state index in [0.29, 0.717) is 5.92 Å². The van der Waals surface area contributed by atoms with Gasteiger partial charge in [0.2, 0.25) is 0 Å². The second kappa shape index (κ2) is 5.19. The molecule has 1 aromatic carbocycles.